The summed E-state index contributed by atoms with van der Waals surface area (Å²) >= 11 is 1.95. The molecule has 0 bridgehead atoms. The summed E-state index contributed by atoms with van der Waals surface area (Å²) in [5.74, 6) is 0.742. The zero-order chi connectivity index (χ0) is 9.97. The van der Waals surface area contributed by atoms with E-state index in [1.807, 2.05) is 11.3 Å². The van der Waals surface area contributed by atoms with Gasteiger partial charge in [0.1, 0.15) is 0 Å². The predicted octanol–water partition coefficient (Wildman–Crippen LogP) is 3.43. The van der Waals surface area contributed by atoms with Crippen molar-refractivity contribution in [2.75, 3.05) is 0 Å². The maximum absolute atomic E-state index is 6.07. The van der Waals surface area contributed by atoms with Crippen LogP contribution in [0.3, 0.4) is 0 Å². The van der Waals surface area contributed by atoms with Gasteiger partial charge in [0.05, 0.1) is 0 Å². The van der Waals surface area contributed by atoms with Crippen molar-refractivity contribution in [1.29, 1.82) is 0 Å². The van der Waals surface area contributed by atoms with Gasteiger partial charge in [-0.15, -0.1) is 11.3 Å². The van der Waals surface area contributed by atoms with Crippen LogP contribution in [0.15, 0.2) is 12.1 Å². The monoisotopic (exact) mass is 209 g/mol. The first-order valence-electron chi connectivity index (χ1n) is 5.57. The number of aryl methyl sites for hydroxylation is 1. The highest BCUT2D eigenvalue weighted by atomic mass is 32.1. The fourth-order valence-electron chi connectivity index (χ4n) is 2.33. The Balaban J connectivity index is 2.08. The van der Waals surface area contributed by atoms with Gasteiger partial charge in [-0.3, -0.25) is 0 Å². The lowest BCUT2D eigenvalue weighted by atomic mass is 9.97. The van der Waals surface area contributed by atoms with Crippen LogP contribution in [0.5, 0.6) is 0 Å². The lowest BCUT2D eigenvalue weighted by Crippen LogP contribution is -2.20. The molecule has 1 nitrogen and oxygen atoms in total. The number of hydrogen-bond acceptors (Lipinski definition) is 2. The summed E-state index contributed by atoms with van der Waals surface area (Å²) < 4.78 is 0. The minimum Gasteiger partial charge on any atom is -0.328 e. The topological polar surface area (TPSA) is 26.0 Å². The van der Waals surface area contributed by atoms with Crippen LogP contribution in [0.4, 0.5) is 0 Å². The second kappa shape index (κ2) is 4.45. The Hall–Kier alpha value is -0.340. The summed E-state index contributed by atoms with van der Waals surface area (Å²) in [6.45, 7) is 2.19. The molecular formula is C12H19NS. The number of rotatable bonds is 1. The molecule has 1 aliphatic rings. The fourth-order valence-corrected chi connectivity index (χ4v) is 3.35. The van der Waals surface area contributed by atoms with Crippen LogP contribution in [0.25, 0.3) is 0 Å². The van der Waals surface area contributed by atoms with Crippen LogP contribution in [0.2, 0.25) is 0 Å². The van der Waals surface area contributed by atoms with Crippen LogP contribution in [-0.2, 0) is 0 Å². The first-order chi connectivity index (χ1) is 6.75. The number of hydrogen-bond donors (Lipinski definition) is 1. The molecular weight excluding hydrogens is 190 g/mol. The van der Waals surface area contributed by atoms with Crippen LogP contribution in [0.1, 0.15) is 47.8 Å². The Bertz CT molecular complexity index is 292. The van der Waals surface area contributed by atoms with Gasteiger partial charge in [0.2, 0.25) is 0 Å². The van der Waals surface area contributed by atoms with Crippen LogP contribution < -0.4 is 5.73 Å². The van der Waals surface area contributed by atoms with Gasteiger partial charge in [-0.25, -0.2) is 0 Å². The molecule has 2 rings (SSSR count). The molecule has 2 atom stereocenters. The van der Waals surface area contributed by atoms with Gasteiger partial charge in [-0.1, -0.05) is 12.8 Å². The molecule has 1 fully saturated rings. The van der Waals surface area contributed by atoms with Gasteiger partial charge in [-0.05, 0) is 44.2 Å². The third-order valence-corrected chi connectivity index (χ3v) is 4.29. The van der Waals surface area contributed by atoms with E-state index in [1.54, 1.807) is 4.88 Å². The second-order valence-corrected chi connectivity index (χ2v) is 5.75. The van der Waals surface area contributed by atoms with E-state index in [9.17, 15) is 0 Å². The van der Waals surface area contributed by atoms with Gasteiger partial charge in [0, 0.05) is 15.8 Å². The van der Waals surface area contributed by atoms with Crippen LogP contribution >= 0.6 is 11.3 Å². The van der Waals surface area contributed by atoms with E-state index in [4.69, 9.17) is 5.73 Å². The van der Waals surface area contributed by atoms with E-state index in [1.165, 1.54) is 37.0 Å². The first-order valence-corrected chi connectivity index (χ1v) is 6.39. The zero-order valence-corrected chi connectivity index (χ0v) is 9.65. The molecule has 78 valence electrons. The Morgan fingerprint density at radius 2 is 2.07 bits per heavy atom. The van der Waals surface area contributed by atoms with Crippen molar-refractivity contribution in [2.24, 2.45) is 5.73 Å². The lowest BCUT2D eigenvalue weighted by Gasteiger charge is -2.15. The Kier molecular flexibility index (Phi) is 3.24. The van der Waals surface area contributed by atoms with E-state index in [2.05, 4.69) is 19.1 Å². The van der Waals surface area contributed by atoms with Crippen molar-refractivity contribution in [1.82, 2.24) is 0 Å². The van der Waals surface area contributed by atoms with Gasteiger partial charge < -0.3 is 5.73 Å². The van der Waals surface area contributed by atoms with Crippen molar-refractivity contribution >= 4 is 11.3 Å². The predicted molar refractivity (Wildman–Crippen MR) is 62.9 cm³/mol. The standard InChI is InChI=1S/C12H19NS/c1-9-6-7-12(14-9)10-4-2-3-5-11(13)8-10/h6-7,10-11H,2-5,8,13H2,1H3. The zero-order valence-electron chi connectivity index (χ0n) is 8.83. The van der Waals surface area contributed by atoms with Gasteiger partial charge in [0.15, 0.2) is 0 Å². The Morgan fingerprint density at radius 1 is 1.29 bits per heavy atom. The quantitative estimate of drug-likeness (QED) is 0.705. The van der Waals surface area contributed by atoms with E-state index in [0.717, 1.165) is 5.92 Å². The SMILES string of the molecule is Cc1ccc(C2CCCCC(N)C2)s1. The van der Waals surface area contributed by atoms with Crippen LogP contribution in [-0.4, -0.2) is 6.04 Å². The van der Waals surface area contributed by atoms with Crippen molar-refractivity contribution < 1.29 is 0 Å². The average molecular weight is 209 g/mol. The molecule has 1 saturated carbocycles. The maximum Gasteiger partial charge on any atom is 0.00796 e. The largest absolute Gasteiger partial charge is 0.328 e. The summed E-state index contributed by atoms with van der Waals surface area (Å²) in [4.78, 5) is 2.98. The third kappa shape index (κ3) is 2.37. The molecule has 0 amide bonds. The molecule has 14 heavy (non-hydrogen) atoms. The molecule has 0 spiro atoms. The number of thiophene rings is 1. The van der Waals surface area contributed by atoms with Gasteiger partial charge >= 0.3 is 0 Å². The van der Waals surface area contributed by atoms with E-state index in [0.29, 0.717) is 6.04 Å². The minimum absolute atomic E-state index is 0.435. The molecule has 0 aromatic carbocycles. The molecule has 0 radical (unpaired) electrons. The fraction of sp³-hybridized carbons (Fsp3) is 0.667. The molecule has 0 aliphatic heterocycles. The van der Waals surface area contributed by atoms with Crippen molar-refractivity contribution in [3.8, 4) is 0 Å². The highest BCUT2D eigenvalue weighted by Gasteiger charge is 2.19. The maximum atomic E-state index is 6.07. The summed E-state index contributed by atoms with van der Waals surface area (Å²) in [6, 6.07) is 4.96. The molecule has 2 N–H and O–H groups in total. The van der Waals surface area contributed by atoms with Crippen LogP contribution in [0, 0.1) is 6.92 Å². The molecule has 2 unspecified atom stereocenters. The van der Waals surface area contributed by atoms with E-state index < -0.39 is 0 Å². The van der Waals surface area contributed by atoms with Crippen molar-refractivity contribution in [2.45, 2.75) is 51.0 Å². The Labute approximate surface area is 90.3 Å². The summed E-state index contributed by atoms with van der Waals surface area (Å²) in [6.07, 6.45) is 6.44. The highest BCUT2D eigenvalue weighted by Crippen LogP contribution is 2.34. The normalized spacial score (nSPS) is 28.7. The summed E-state index contributed by atoms with van der Waals surface area (Å²) in [5.41, 5.74) is 6.07. The smallest absolute Gasteiger partial charge is 0.00796 e. The second-order valence-electron chi connectivity index (χ2n) is 4.43. The van der Waals surface area contributed by atoms with Crippen molar-refractivity contribution in [3.05, 3.63) is 21.9 Å². The Morgan fingerprint density at radius 3 is 2.79 bits per heavy atom. The average Bonchev–Trinajstić information content (AvgIpc) is 2.45. The summed E-state index contributed by atoms with van der Waals surface area (Å²) in [5, 5.41) is 0. The van der Waals surface area contributed by atoms with E-state index in [-0.39, 0.29) is 0 Å². The first kappa shape index (κ1) is 10.2. The van der Waals surface area contributed by atoms with Gasteiger partial charge in [-0.2, -0.15) is 0 Å². The highest BCUT2D eigenvalue weighted by molar-refractivity contribution is 7.12. The third-order valence-electron chi connectivity index (χ3n) is 3.13. The van der Waals surface area contributed by atoms with Gasteiger partial charge in [0.25, 0.3) is 0 Å². The van der Waals surface area contributed by atoms with Crippen molar-refractivity contribution in [3.63, 3.8) is 0 Å². The molecule has 1 aromatic rings. The lowest BCUT2D eigenvalue weighted by molar-refractivity contribution is 0.541. The number of nitrogens with two attached hydrogens (primary N) is 1. The summed E-state index contributed by atoms with van der Waals surface area (Å²) in [7, 11) is 0. The molecule has 1 heterocycles. The molecule has 1 aromatic heterocycles. The molecule has 1 aliphatic carbocycles. The molecule has 2 heteroatoms. The molecule has 0 saturated heterocycles. The minimum atomic E-state index is 0.435. The van der Waals surface area contributed by atoms with E-state index >= 15 is 0 Å².